The number of carbonyl (C=O) groups excluding carboxylic acids is 1. The summed E-state index contributed by atoms with van der Waals surface area (Å²) in [6, 6.07) is 5.85. The highest BCUT2D eigenvalue weighted by atomic mass is 35.5. The summed E-state index contributed by atoms with van der Waals surface area (Å²) in [5.41, 5.74) is 0.635. The van der Waals surface area contributed by atoms with Crippen molar-refractivity contribution in [2.24, 2.45) is 0 Å². The molecule has 1 atom stereocenters. The van der Waals surface area contributed by atoms with Gasteiger partial charge in [0, 0.05) is 0 Å². The van der Waals surface area contributed by atoms with Crippen LogP contribution in [0, 0.1) is 0 Å². The van der Waals surface area contributed by atoms with Gasteiger partial charge in [-0.3, -0.25) is 0 Å². The Morgan fingerprint density at radius 3 is 2.42 bits per heavy atom. The molecular weight excluding hydrogens is 347 g/mol. The van der Waals surface area contributed by atoms with E-state index in [-0.39, 0.29) is 5.97 Å². The molecule has 0 aromatic heterocycles. The molecule has 5 heteroatoms. The number of halogens is 2. The second-order valence-electron chi connectivity index (χ2n) is 6.37. The van der Waals surface area contributed by atoms with Crippen LogP contribution in [-0.2, 0) is 20.7 Å². The summed E-state index contributed by atoms with van der Waals surface area (Å²) in [5.74, 6) is -0.188. The van der Waals surface area contributed by atoms with E-state index in [9.17, 15) is 4.79 Å². The molecule has 0 spiro atoms. The third-order valence-corrected chi connectivity index (χ3v) is 5.16. The van der Waals surface area contributed by atoms with Gasteiger partial charge in [-0.15, -0.1) is 0 Å². The molecule has 1 aromatic carbocycles. The van der Waals surface area contributed by atoms with E-state index >= 15 is 0 Å². The first kappa shape index (κ1) is 19.6. The van der Waals surface area contributed by atoms with Crippen LogP contribution in [0.5, 0.6) is 0 Å². The van der Waals surface area contributed by atoms with Gasteiger partial charge < -0.3 is 9.47 Å². The first-order valence-electron chi connectivity index (χ1n) is 8.82. The Bertz CT molecular complexity index is 541. The lowest BCUT2D eigenvalue weighted by Crippen LogP contribution is -2.27. The smallest absolute Gasteiger partial charge is 0.340 e. The molecule has 0 amide bonds. The molecule has 0 saturated carbocycles. The maximum Gasteiger partial charge on any atom is 0.340 e. The van der Waals surface area contributed by atoms with Crippen molar-refractivity contribution < 1.29 is 14.3 Å². The minimum absolute atomic E-state index is 0.188. The fourth-order valence-corrected chi connectivity index (χ4v) is 3.18. The Kier molecular flexibility index (Phi) is 7.86. The molecule has 0 N–H and O–H groups in total. The quantitative estimate of drug-likeness (QED) is 0.288. The van der Waals surface area contributed by atoms with E-state index in [2.05, 4.69) is 0 Å². The fourth-order valence-electron chi connectivity index (χ4n) is 2.86. The molecule has 2 rings (SSSR count). The van der Waals surface area contributed by atoms with Gasteiger partial charge in [0.1, 0.15) is 0 Å². The van der Waals surface area contributed by atoms with Gasteiger partial charge in [-0.1, -0.05) is 55.0 Å². The van der Waals surface area contributed by atoms with Crippen molar-refractivity contribution >= 4 is 29.2 Å². The Labute approximate surface area is 154 Å². The zero-order valence-corrected chi connectivity index (χ0v) is 15.8. The molecule has 1 saturated heterocycles. The number of carbonyl (C=O) groups is 1. The highest BCUT2D eigenvalue weighted by molar-refractivity contribution is 6.42. The van der Waals surface area contributed by atoms with Gasteiger partial charge >= 0.3 is 5.97 Å². The van der Waals surface area contributed by atoms with Gasteiger partial charge in [-0.25, -0.2) is 4.79 Å². The van der Waals surface area contributed by atoms with E-state index in [1.54, 1.807) is 0 Å². The number of rotatable bonds is 11. The van der Waals surface area contributed by atoms with Crippen LogP contribution in [-0.4, -0.2) is 24.8 Å². The number of epoxide rings is 1. The van der Waals surface area contributed by atoms with Gasteiger partial charge in [0.15, 0.2) is 5.60 Å². The van der Waals surface area contributed by atoms with Crippen LogP contribution in [0.3, 0.4) is 0 Å². The monoisotopic (exact) mass is 372 g/mol. The standard InChI is InChI=1S/C19H26Cl2O3/c1-2-23-18(22)19(14-24-19)12-8-6-4-3-5-7-9-15-10-11-16(20)17(21)13-15/h10-11,13H,2-9,12,14H2,1H3. The van der Waals surface area contributed by atoms with Crippen LogP contribution in [0.1, 0.15) is 57.4 Å². The minimum Gasteiger partial charge on any atom is -0.464 e. The molecule has 24 heavy (non-hydrogen) atoms. The summed E-state index contributed by atoms with van der Waals surface area (Å²) >= 11 is 11.9. The fraction of sp³-hybridized carbons (Fsp3) is 0.632. The minimum atomic E-state index is -0.607. The van der Waals surface area contributed by atoms with Crippen LogP contribution in [0.4, 0.5) is 0 Å². The molecule has 1 fully saturated rings. The number of esters is 1. The first-order valence-corrected chi connectivity index (χ1v) is 9.58. The number of ether oxygens (including phenoxy) is 2. The molecule has 1 heterocycles. The predicted octanol–water partition coefficient (Wildman–Crippen LogP) is 5.60. The summed E-state index contributed by atoms with van der Waals surface area (Å²) in [5, 5.41) is 1.24. The maximum absolute atomic E-state index is 11.7. The van der Waals surface area contributed by atoms with E-state index in [1.165, 1.54) is 24.8 Å². The van der Waals surface area contributed by atoms with Crippen molar-refractivity contribution in [2.45, 2.75) is 63.9 Å². The van der Waals surface area contributed by atoms with Crippen molar-refractivity contribution in [3.05, 3.63) is 33.8 Å². The van der Waals surface area contributed by atoms with Crippen LogP contribution < -0.4 is 0 Å². The molecule has 1 unspecified atom stereocenters. The molecule has 1 aliphatic heterocycles. The summed E-state index contributed by atoms with van der Waals surface area (Å²) in [7, 11) is 0. The van der Waals surface area contributed by atoms with E-state index in [0.29, 0.717) is 23.3 Å². The summed E-state index contributed by atoms with van der Waals surface area (Å²) < 4.78 is 10.4. The zero-order valence-electron chi connectivity index (χ0n) is 14.3. The Hall–Kier alpha value is -0.770. The second kappa shape index (κ2) is 9.65. The number of hydrogen-bond donors (Lipinski definition) is 0. The lowest BCUT2D eigenvalue weighted by Gasteiger charge is -2.10. The lowest BCUT2D eigenvalue weighted by atomic mass is 10.0. The van der Waals surface area contributed by atoms with Gasteiger partial charge in [-0.05, 0) is 50.3 Å². The Balaban J connectivity index is 1.50. The van der Waals surface area contributed by atoms with Crippen molar-refractivity contribution in [1.29, 1.82) is 0 Å². The summed E-state index contributed by atoms with van der Waals surface area (Å²) in [6.45, 7) is 2.77. The zero-order chi connectivity index (χ0) is 17.4. The summed E-state index contributed by atoms with van der Waals surface area (Å²) in [4.78, 5) is 11.7. The van der Waals surface area contributed by atoms with E-state index in [4.69, 9.17) is 32.7 Å². The lowest BCUT2D eigenvalue weighted by molar-refractivity contribution is -0.149. The predicted molar refractivity (Wildman–Crippen MR) is 97.8 cm³/mol. The van der Waals surface area contributed by atoms with Crippen LogP contribution in [0.25, 0.3) is 0 Å². The average Bonchev–Trinajstić information content (AvgIpc) is 3.35. The first-order chi connectivity index (χ1) is 11.6. The Morgan fingerprint density at radius 2 is 1.79 bits per heavy atom. The van der Waals surface area contributed by atoms with E-state index in [1.807, 2.05) is 25.1 Å². The number of aryl methyl sites for hydroxylation is 1. The molecule has 3 nitrogen and oxygen atoms in total. The van der Waals surface area contributed by atoms with Crippen molar-refractivity contribution in [2.75, 3.05) is 13.2 Å². The number of benzene rings is 1. The largest absolute Gasteiger partial charge is 0.464 e. The van der Waals surface area contributed by atoms with E-state index < -0.39 is 5.60 Å². The van der Waals surface area contributed by atoms with Gasteiger partial charge in [0.25, 0.3) is 0 Å². The number of unbranched alkanes of at least 4 members (excludes halogenated alkanes) is 5. The van der Waals surface area contributed by atoms with Crippen LogP contribution in [0.15, 0.2) is 18.2 Å². The highest BCUT2D eigenvalue weighted by Crippen LogP contribution is 2.34. The van der Waals surface area contributed by atoms with Gasteiger partial charge in [0.2, 0.25) is 0 Å². The molecule has 1 aromatic rings. The maximum atomic E-state index is 11.7. The SMILES string of the molecule is CCOC(=O)C1(CCCCCCCCc2ccc(Cl)c(Cl)c2)CO1. The van der Waals surface area contributed by atoms with Crippen LogP contribution in [0.2, 0.25) is 10.0 Å². The molecule has 0 bridgehead atoms. The Morgan fingerprint density at radius 1 is 1.12 bits per heavy atom. The number of hydrogen-bond acceptors (Lipinski definition) is 3. The molecule has 0 radical (unpaired) electrons. The van der Waals surface area contributed by atoms with Gasteiger partial charge in [0.05, 0.1) is 23.3 Å². The highest BCUT2D eigenvalue weighted by Gasteiger charge is 2.52. The van der Waals surface area contributed by atoms with Gasteiger partial charge in [-0.2, -0.15) is 0 Å². The summed E-state index contributed by atoms with van der Waals surface area (Å²) in [6.07, 6.45) is 8.76. The van der Waals surface area contributed by atoms with Crippen molar-refractivity contribution in [3.8, 4) is 0 Å². The van der Waals surface area contributed by atoms with Crippen molar-refractivity contribution in [1.82, 2.24) is 0 Å². The molecule has 134 valence electrons. The third-order valence-electron chi connectivity index (χ3n) is 4.42. The normalized spacial score (nSPS) is 19.3. The van der Waals surface area contributed by atoms with Crippen molar-refractivity contribution in [3.63, 3.8) is 0 Å². The second-order valence-corrected chi connectivity index (χ2v) is 7.19. The topological polar surface area (TPSA) is 38.8 Å². The molecule has 0 aliphatic carbocycles. The molecule has 1 aliphatic rings. The third kappa shape index (κ3) is 5.94. The van der Waals surface area contributed by atoms with Crippen LogP contribution >= 0.6 is 23.2 Å². The average molecular weight is 373 g/mol. The molecular formula is C19H26Cl2O3. The van der Waals surface area contributed by atoms with E-state index in [0.717, 1.165) is 32.1 Å².